The van der Waals surface area contributed by atoms with E-state index in [1.54, 1.807) is 49.4 Å². The number of phenols is 2. The van der Waals surface area contributed by atoms with Crippen LogP contribution in [0.25, 0.3) is 17.5 Å². The third kappa shape index (κ3) is 5.97. The average Bonchev–Trinajstić information content (AvgIpc) is 3.34. The maximum atomic E-state index is 14.2. The molecule has 45 heavy (non-hydrogen) atoms. The molecule has 232 valence electrons. The van der Waals surface area contributed by atoms with Gasteiger partial charge in [-0.2, -0.15) is 0 Å². The Labute approximate surface area is 265 Å². The molecule has 1 aliphatic rings. The zero-order chi connectivity index (χ0) is 32.4. The summed E-state index contributed by atoms with van der Waals surface area (Å²) < 4.78 is 17.3. The van der Waals surface area contributed by atoms with Gasteiger partial charge in [0.15, 0.2) is 23.0 Å². The Hall–Kier alpha value is -5.20. The van der Waals surface area contributed by atoms with E-state index >= 15 is 0 Å². The summed E-state index contributed by atoms with van der Waals surface area (Å²) in [7, 11) is 2.77. The van der Waals surface area contributed by atoms with Gasteiger partial charge in [0.2, 0.25) is 0 Å². The third-order valence-electron chi connectivity index (χ3n) is 7.03. The van der Waals surface area contributed by atoms with Gasteiger partial charge in [0, 0.05) is 10.7 Å². The van der Waals surface area contributed by atoms with Gasteiger partial charge in [-0.05, 0) is 72.7 Å². The van der Waals surface area contributed by atoms with E-state index in [2.05, 4.69) is 5.32 Å². The first-order valence-corrected chi connectivity index (χ1v) is 14.7. The smallest absolute Gasteiger partial charge is 0.338 e. The van der Waals surface area contributed by atoms with Gasteiger partial charge in [-0.25, -0.2) is 4.79 Å². The molecular weight excluding hydrogens is 622 g/mol. The Balaban J connectivity index is 1.85. The first-order chi connectivity index (χ1) is 21.6. The van der Waals surface area contributed by atoms with Crippen molar-refractivity contribution in [1.29, 1.82) is 0 Å². The Morgan fingerprint density at radius 1 is 1.00 bits per heavy atom. The lowest BCUT2D eigenvalue weighted by Crippen LogP contribution is -2.42. The number of thiazole rings is 1. The lowest BCUT2D eigenvalue weighted by atomic mass is 9.82. The predicted octanol–water partition coefficient (Wildman–Crippen LogP) is 3.10. The van der Waals surface area contributed by atoms with Crippen molar-refractivity contribution in [3.05, 3.63) is 102 Å². The highest BCUT2D eigenvalue weighted by Gasteiger charge is 2.39. The van der Waals surface area contributed by atoms with Crippen molar-refractivity contribution in [3.63, 3.8) is 0 Å². The van der Waals surface area contributed by atoms with E-state index in [9.17, 15) is 24.6 Å². The highest BCUT2D eigenvalue weighted by Crippen LogP contribution is 2.40. The van der Waals surface area contributed by atoms with Gasteiger partial charge in [0.05, 0.1) is 42.4 Å². The summed E-state index contributed by atoms with van der Waals surface area (Å²) in [4.78, 5) is 41.7. The van der Waals surface area contributed by atoms with Crippen molar-refractivity contribution in [3.8, 4) is 23.0 Å². The van der Waals surface area contributed by atoms with E-state index in [1.165, 1.54) is 38.5 Å². The van der Waals surface area contributed by atoms with Crippen LogP contribution in [0.3, 0.4) is 0 Å². The summed E-state index contributed by atoms with van der Waals surface area (Å²) >= 11 is 7.03. The lowest BCUT2D eigenvalue weighted by molar-refractivity contribution is -0.138. The molecule has 0 fully saturated rings. The van der Waals surface area contributed by atoms with E-state index in [4.69, 9.17) is 31.5 Å². The Kier molecular flexibility index (Phi) is 8.89. The summed E-state index contributed by atoms with van der Waals surface area (Å²) in [5.41, 5.74) is 7.21. The van der Waals surface area contributed by atoms with Crippen LogP contribution in [0, 0.1) is 0 Å². The number of rotatable bonds is 8. The topological polar surface area (TPSA) is 162 Å². The van der Waals surface area contributed by atoms with Gasteiger partial charge < -0.3 is 35.5 Å². The molecule has 0 saturated carbocycles. The molecule has 4 aromatic rings. The zero-order valence-electron chi connectivity index (χ0n) is 24.3. The van der Waals surface area contributed by atoms with E-state index in [-0.39, 0.29) is 55.8 Å². The van der Waals surface area contributed by atoms with Crippen molar-refractivity contribution in [2.24, 2.45) is 5.73 Å². The number of aromatic hydroxyl groups is 2. The fourth-order valence-electron chi connectivity index (χ4n) is 4.95. The number of anilines is 1. The van der Waals surface area contributed by atoms with Crippen molar-refractivity contribution >= 4 is 58.0 Å². The molecule has 1 amide bonds. The Morgan fingerprint density at radius 2 is 1.64 bits per heavy atom. The molecule has 0 radical (unpaired) electrons. The largest absolute Gasteiger partial charge is 0.504 e. The van der Waals surface area contributed by atoms with E-state index < -0.39 is 23.4 Å². The molecule has 0 aliphatic carbocycles. The molecule has 11 nitrogen and oxygen atoms in total. The number of nitrogens with one attached hydrogen (secondary N) is 1. The molecule has 0 bridgehead atoms. The maximum absolute atomic E-state index is 14.2. The number of carbonyl (C=O) groups is 2. The number of carbonyl (C=O) groups excluding carboxylic acids is 2. The minimum atomic E-state index is -1.13. The molecule has 0 saturated heterocycles. The number of halogens is 1. The van der Waals surface area contributed by atoms with Crippen LogP contribution in [0.1, 0.15) is 24.0 Å². The number of amides is 1. The van der Waals surface area contributed by atoms with E-state index in [0.717, 1.165) is 15.9 Å². The molecule has 1 aliphatic heterocycles. The molecule has 5 N–H and O–H groups in total. The van der Waals surface area contributed by atoms with Crippen molar-refractivity contribution in [1.82, 2.24) is 4.57 Å². The number of esters is 1. The van der Waals surface area contributed by atoms with Crippen LogP contribution in [0.2, 0.25) is 5.02 Å². The maximum Gasteiger partial charge on any atom is 0.338 e. The SMILES string of the molecule is CCOC(=O)C1=C(N)n2c(s/c(=C\c3ccc(O)c(OC)c3)c2=O)=C(C(=O)Nc2ccc(Cl)cc2)C1c1ccc(O)c(OC)c1. The summed E-state index contributed by atoms with van der Waals surface area (Å²) in [6.45, 7) is 1.62. The van der Waals surface area contributed by atoms with Crippen LogP contribution in [0.5, 0.6) is 23.0 Å². The standard InChI is InChI=1S/C32H28ClN3O8S/c1-4-44-32(41)26-25(17-6-12-21(38)23(15-17)43-3)27(29(39)35-19-9-7-18(33)8-10-19)31-36(28(26)34)30(40)24(45-31)14-16-5-11-20(37)22(13-16)42-2/h5-15,25,37-38H,4,34H2,1-3H3,(H,35,39)/b24-14-. The highest BCUT2D eigenvalue weighted by atomic mass is 35.5. The molecule has 1 unspecified atom stereocenters. The number of nitrogens with two attached hydrogens (primary N) is 1. The number of hydrogen-bond acceptors (Lipinski definition) is 10. The third-order valence-corrected chi connectivity index (χ3v) is 8.39. The van der Waals surface area contributed by atoms with Crippen LogP contribution in [0.15, 0.2) is 71.0 Å². The number of aromatic nitrogens is 1. The second kappa shape index (κ2) is 12.8. The second-order valence-corrected chi connectivity index (χ2v) is 11.2. The molecule has 2 heterocycles. The predicted molar refractivity (Wildman–Crippen MR) is 171 cm³/mol. The summed E-state index contributed by atoms with van der Waals surface area (Å²) in [5.74, 6) is -2.75. The number of nitrogens with zero attached hydrogens (tertiary/aromatic N) is 1. The van der Waals surface area contributed by atoms with Gasteiger partial charge in [-0.15, -0.1) is 11.3 Å². The van der Waals surface area contributed by atoms with Crippen LogP contribution in [-0.2, 0) is 14.3 Å². The molecule has 0 spiro atoms. The lowest BCUT2D eigenvalue weighted by Gasteiger charge is -2.28. The Morgan fingerprint density at radius 3 is 2.29 bits per heavy atom. The number of phenolic OH excluding ortho intramolecular Hbond substituents is 2. The fraction of sp³-hybridized carbons (Fsp3) is 0.156. The monoisotopic (exact) mass is 649 g/mol. The first-order valence-electron chi connectivity index (χ1n) is 13.5. The molecule has 13 heteroatoms. The molecular formula is C32H28ClN3O8S. The zero-order valence-corrected chi connectivity index (χ0v) is 25.9. The van der Waals surface area contributed by atoms with Crippen molar-refractivity contribution in [2.45, 2.75) is 12.8 Å². The van der Waals surface area contributed by atoms with Gasteiger partial charge in [-0.1, -0.05) is 23.7 Å². The number of methoxy groups -OCH3 is 2. The van der Waals surface area contributed by atoms with Crippen LogP contribution in [0.4, 0.5) is 5.69 Å². The van der Waals surface area contributed by atoms with Gasteiger partial charge in [0.25, 0.3) is 11.5 Å². The van der Waals surface area contributed by atoms with E-state index in [0.29, 0.717) is 21.8 Å². The minimum Gasteiger partial charge on any atom is -0.504 e. The number of fused-ring (bicyclic) bond motifs is 1. The van der Waals surface area contributed by atoms with E-state index in [1.807, 2.05) is 0 Å². The number of benzene rings is 3. The molecule has 3 aromatic carbocycles. The average molecular weight is 650 g/mol. The minimum absolute atomic E-state index is 0.000638. The summed E-state index contributed by atoms with van der Waals surface area (Å²) in [6, 6.07) is 15.4. The fourth-order valence-corrected chi connectivity index (χ4v) is 6.25. The number of hydrogen-bond donors (Lipinski definition) is 4. The first kappa shape index (κ1) is 31.2. The second-order valence-electron chi connectivity index (χ2n) is 9.75. The molecule has 5 rings (SSSR count). The molecule has 1 aromatic heterocycles. The van der Waals surface area contributed by atoms with Crippen molar-refractivity contribution in [2.75, 3.05) is 26.1 Å². The normalized spacial score (nSPS) is 14.6. The van der Waals surface area contributed by atoms with Gasteiger partial charge in [0.1, 0.15) is 10.5 Å². The number of ether oxygens (including phenoxy) is 3. The summed E-state index contributed by atoms with van der Waals surface area (Å²) in [5, 5.41) is 23.6. The van der Waals surface area contributed by atoms with Gasteiger partial charge in [-0.3, -0.25) is 14.2 Å². The van der Waals surface area contributed by atoms with Crippen LogP contribution < -0.4 is 35.3 Å². The Bertz CT molecular complexity index is 2030. The molecule has 1 atom stereocenters. The van der Waals surface area contributed by atoms with Gasteiger partial charge >= 0.3 is 5.97 Å². The highest BCUT2D eigenvalue weighted by molar-refractivity contribution is 7.07. The summed E-state index contributed by atoms with van der Waals surface area (Å²) in [6.07, 6.45) is 1.56. The quantitative estimate of drug-likeness (QED) is 0.210. The van der Waals surface area contributed by atoms with Crippen LogP contribution >= 0.6 is 22.9 Å². The van der Waals surface area contributed by atoms with Crippen LogP contribution in [-0.4, -0.2) is 47.5 Å². The van der Waals surface area contributed by atoms with Crippen molar-refractivity contribution < 1.29 is 34.0 Å².